The van der Waals surface area contributed by atoms with Crippen LogP contribution in [0.4, 0.5) is 0 Å². The van der Waals surface area contributed by atoms with E-state index in [1.165, 1.54) is 6.07 Å². The fourth-order valence-corrected chi connectivity index (χ4v) is 3.41. The first-order chi connectivity index (χ1) is 13.3. The van der Waals surface area contributed by atoms with E-state index in [0.29, 0.717) is 12.0 Å². The van der Waals surface area contributed by atoms with Crippen LogP contribution >= 0.6 is 11.6 Å². The van der Waals surface area contributed by atoms with E-state index in [1.54, 1.807) is 37.3 Å². The quantitative estimate of drug-likeness (QED) is 0.661. The lowest BCUT2D eigenvalue weighted by atomic mass is 9.95. The second-order valence-electron chi connectivity index (χ2n) is 6.58. The Labute approximate surface area is 165 Å². The van der Waals surface area contributed by atoms with Crippen LogP contribution in [-0.4, -0.2) is 40.2 Å². The molecule has 0 bridgehead atoms. The number of esters is 1. The zero-order valence-corrected chi connectivity index (χ0v) is 15.7. The number of hydrogen-bond acceptors (Lipinski definition) is 5. The first-order valence-corrected chi connectivity index (χ1v) is 8.98. The van der Waals surface area contributed by atoms with E-state index in [0.717, 1.165) is 5.56 Å². The first-order valence-electron chi connectivity index (χ1n) is 8.60. The maximum Gasteiger partial charge on any atom is 0.342 e. The van der Waals surface area contributed by atoms with E-state index in [2.05, 4.69) is 5.32 Å². The van der Waals surface area contributed by atoms with E-state index in [-0.39, 0.29) is 22.6 Å². The molecule has 8 heteroatoms. The number of carbonyl (C=O) groups is 3. The molecule has 1 aliphatic heterocycles. The third kappa shape index (κ3) is 3.94. The number of cyclic esters (lactones) is 1. The molecule has 0 saturated heterocycles. The Hall–Kier alpha value is -3.06. The highest BCUT2D eigenvalue weighted by Crippen LogP contribution is 2.36. The summed E-state index contributed by atoms with van der Waals surface area (Å²) in [7, 11) is 0. The van der Waals surface area contributed by atoms with Crippen LogP contribution in [-0.2, 0) is 22.4 Å². The Bertz CT molecular complexity index is 943. The van der Waals surface area contributed by atoms with Gasteiger partial charge in [0.15, 0.2) is 0 Å². The zero-order valence-electron chi connectivity index (χ0n) is 14.9. The van der Waals surface area contributed by atoms with Crippen molar-refractivity contribution in [3.8, 4) is 5.75 Å². The molecule has 0 saturated carbocycles. The predicted molar refractivity (Wildman–Crippen MR) is 101 cm³/mol. The van der Waals surface area contributed by atoms with Crippen LogP contribution < -0.4 is 5.32 Å². The number of benzene rings is 2. The molecular weight excluding hydrogens is 386 g/mol. The Morgan fingerprint density at radius 3 is 2.64 bits per heavy atom. The van der Waals surface area contributed by atoms with Gasteiger partial charge < -0.3 is 20.3 Å². The molecule has 7 nitrogen and oxygen atoms in total. The summed E-state index contributed by atoms with van der Waals surface area (Å²) in [6.07, 6.45) is -0.0407. The fourth-order valence-electron chi connectivity index (χ4n) is 3.13. The maximum atomic E-state index is 12.6. The summed E-state index contributed by atoms with van der Waals surface area (Å²) in [5.74, 6) is -3.43. The number of carboxylic acids is 1. The van der Waals surface area contributed by atoms with Crippen LogP contribution in [0.25, 0.3) is 0 Å². The van der Waals surface area contributed by atoms with E-state index in [4.69, 9.17) is 16.3 Å². The first kappa shape index (κ1) is 19.7. The van der Waals surface area contributed by atoms with Gasteiger partial charge in [-0.2, -0.15) is 0 Å². The number of nitrogens with one attached hydrogen (secondary N) is 1. The summed E-state index contributed by atoms with van der Waals surface area (Å²) in [6.45, 7) is 1.69. The highest BCUT2D eigenvalue weighted by Gasteiger charge is 2.33. The molecule has 146 valence electrons. The van der Waals surface area contributed by atoms with E-state index < -0.39 is 35.7 Å². The number of carbonyl (C=O) groups excluding carboxylic acids is 2. The SMILES string of the molecule is C[C@H]1Cc2c(Cl)cc(C(=O)N[C@@H](Cc3ccccc3)C(=O)O)c(O)c2C(=O)O1. The largest absolute Gasteiger partial charge is 0.506 e. The number of hydrogen-bond donors (Lipinski definition) is 3. The maximum absolute atomic E-state index is 12.6. The summed E-state index contributed by atoms with van der Waals surface area (Å²) < 4.78 is 5.10. The number of aromatic hydroxyl groups is 1. The van der Waals surface area contributed by atoms with Crippen LogP contribution in [0, 0.1) is 0 Å². The number of halogens is 1. The molecule has 1 heterocycles. The molecule has 3 rings (SSSR count). The van der Waals surface area contributed by atoms with Gasteiger partial charge >= 0.3 is 11.9 Å². The number of carboxylic acid groups (broad SMARTS) is 1. The second-order valence-corrected chi connectivity index (χ2v) is 6.99. The van der Waals surface area contributed by atoms with Crippen LogP contribution in [0.5, 0.6) is 5.75 Å². The average Bonchev–Trinajstić information content (AvgIpc) is 2.64. The summed E-state index contributed by atoms with van der Waals surface area (Å²) >= 11 is 6.21. The Morgan fingerprint density at radius 1 is 1.32 bits per heavy atom. The number of amides is 1. The molecule has 2 atom stereocenters. The van der Waals surface area contributed by atoms with Gasteiger partial charge in [-0.25, -0.2) is 9.59 Å². The predicted octanol–water partition coefficient (Wildman–Crippen LogP) is 2.57. The van der Waals surface area contributed by atoms with Gasteiger partial charge in [0.1, 0.15) is 23.5 Å². The monoisotopic (exact) mass is 403 g/mol. The van der Waals surface area contributed by atoms with Crippen molar-refractivity contribution >= 4 is 29.4 Å². The second kappa shape index (κ2) is 7.90. The Morgan fingerprint density at radius 2 is 2.00 bits per heavy atom. The molecule has 0 fully saturated rings. The number of fused-ring (bicyclic) bond motifs is 1. The van der Waals surface area contributed by atoms with Crippen LogP contribution in [0.2, 0.25) is 5.02 Å². The van der Waals surface area contributed by atoms with Gasteiger partial charge in [0.25, 0.3) is 5.91 Å². The zero-order chi connectivity index (χ0) is 20.4. The lowest BCUT2D eigenvalue weighted by molar-refractivity contribution is -0.139. The van der Waals surface area contributed by atoms with Crippen molar-refractivity contribution in [2.75, 3.05) is 0 Å². The van der Waals surface area contributed by atoms with Crippen molar-refractivity contribution in [1.82, 2.24) is 5.32 Å². The number of aliphatic carboxylic acids is 1. The lowest BCUT2D eigenvalue weighted by Crippen LogP contribution is -2.42. The lowest BCUT2D eigenvalue weighted by Gasteiger charge is -2.24. The standard InChI is InChI=1S/C20H18ClNO6/c1-10-7-12-14(21)9-13(17(23)16(12)20(27)28-10)18(24)22-15(19(25)26)8-11-5-3-2-4-6-11/h2-6,9-10,15,23H,7-8H2,1H3,(H,22,24)(H,25,26)/t10-,15-/m0/s1. The topological polar surface area (TPSA) is 113 Å². The molecule has 0 spiro atoms. The van der Waals surface area contributed by atoms with Crippen molar-refractivity contribution in [3.05, 3.63) is 63.7 Å². The van der Waals surface area contributed by atoms with Crippen LogP contribution in [0.3, 0.4) is 0 Å². The van der Waals surface area contributed by atoms with Crippen LogP contribution in [0.1, 0.15) is 38.8 Å². The fraction of sp³-hybridized carbons (Fsp3) is 0.250. The van der Waals surface area contributed by atoms with Crippen molar-refractivity contribution < 1.29 is 29.3 Å². The minimum atomic E-state index is -1.23. The van der Waals surface area contributed by atoms with Crippen molar-refractivity contribution in [1.29, 1.82) is 0 Å². The van der Waals surface area contributed by atoms with Gasteiger partial charge in [-0.1, -0.05) is 41.9 Å². The summed E-state index contributed by atoms with van der Waals surface area (Å²) in [5, 5.41) is 22.4. The third-order valence-corrected chi connectivity index (χ3v) is 4.82. The smallest absolute Gasteiger partial charge is 0.342 e. The van der Waals surface area contributed by atoms with E-state index >= 15 is 0 Å². The number of rotatable bonds is 5. The molecule has 1 aliphatic rings. The molecule has 1 amide bonds. The van der Waals surface area contributed by atoms with E-state index in [9.17, 15) is 24.6 Å². The van der Waals surface area contributed by atoms with E-state index in [1.807, 2.05) is 0 Å². The minimum Gasteiger partial charge on any atom is -0.506 e. The van der Waals surface area contributed by atoms with Gasteiger partial charge in [0.05, 0.1) is 5.56 Å². The molecule has 2 aromatic rings. The highest BCUT2D eigenvalue weighted by atomic mass is 35.5. The molecule has 2 aromatic carbocycles. The van der Waals surface area contributed by atoms with Crippen LogP contribution in [0.15, 0.2) is 36.4 Å². The van der Waals surface area contributed by atoms with Crippen molar-refractivity contribution in [2.24, 2.45) is 0 Å². The molecule has 0 aromatic heterocycles. The van der Waals surface area contributed by atoms with Crippen molar-refractivity contribution in [3.63, 3.8) is 0 Å². The molecule has 0 unspecified atom stereocenters. The van der Waals surface area contributed by atoms with Crippen molar-refractivity contribution in [2.45, 2.75) is 31.9 Å². The van der Waals surface area contributed by atoms with Gasteiger partial charge in [0, 0.05) is 17.9 Å². The normalized spacial score (nSPS) is 16.6. The molecule has 0 radical (unpaired) electrons. The Balaban J connectivity index is 1.89. The molecule has 0 aliphatic carbocycles. The summed E-state index contributed by atoms with van der Waals surface area (Å²) in [5.41, 5.74) is 0.680. The third-order valence-electron chi connectivity index (χ3n) is 4.49. The van der Waals surface area contributed by atoms with Gasteiger partial charge in [-0.05, 0) is 24.1 Å². The minimum absolute atomic E-state index is 0.0565. The number of ether oxygens (including phenoxy) is 1. The number of phenolic OH excluding ortho intramolecular Hbond substituents is 1. The Kier molecular flexibility index (Phi) is 5.56. The molecular formula is C20H18ClNO6. The average molecular weight is 404 g/mol. The molecule has 28 heavy (non-hydrogen) atoms. The number of phenols is 1. The van der Waals surface area contributed by atoms with Gasteiger partial charge in [0.2, 0.25) is 0 Å². The van der Waals surface area contributed by atoms with Gasteiger partial charge in [-0.3, -0.25) is 4.79 Å². The van der Waals surface area contributed by atoms with Gasteiger partial charge in [-0.15, -0.1) is 0 Å². The molecule has 3 N–H and O–H groups in total. The summed E-state index contributed by atoms with van der Waals surface area (Å²) in [6, 6.07) is 8.81. The highest BCUT2D eigenvalue weighted by molar-refractivity contribution is 6.32. The summed E-state index contributed by atoms with van der Waals surface area (Å²) in [4.78, 5) is 36.3.